The van der Waals surface area contributed by atoms with Crippen LogP contribution in [0, 0.1) is 0 Å². The average molecular weight is 269 g/mol. The second-order valence-corrected chi connectivity index (χ2v) is 4.06. The minimum absolute atomic E-state index is 0.268. The number of aliphatic hydroxyl groups is 1. The molecule has 0 radical (unpaired) electrons. The van der Waals surface area contributed by atoms with Crippen molar-refractivity contribution in [3.8, 4) is 6.01 Å². The second kappa shape index (κ2) is 9.32. The van der Waals surface area contributed by atoms with Crippen LogP contribution < -0.4 is 15.4 Å². The van der Waals surface area contributed by atoms with Gasteiger partial charge in [-0.15, -0.1) is 0 Å². The van der Waals surface area contributed by atoms with Gasteiger partial charge in [-0.25, -0.2) is 0 Å². The van der Waals surface area contributed by atoms with Crippen molar-refractivity contribution in [2.24, 2.45) is 0 Å². The van der Waals surface area contributed by atoms with E-state index in [-0.39, 0.29) is 6.61 Å². The zero-order valence-electron chi connectivity index (χ0n) is 11.6. The van der Waals surface area contributed by atoms with E-state index in [1.165, 1.54) is 7.11 Å². The van der Waals surface area contributed by atoms with Gasteiger partial charge in [0.15, 0.2) is 0 Å². The summed E-state index contributed by atoms with van der Waals surface area (Å²) in [6.45, 7) is 3.78. The fourth-order valence-corrected chi connectivity index (χ4v) is 1.55. The lowest BCUT2D eigenvalue weighted by Crippen LogP contribution is -2.10. The van der Waals surface area contributed by atoms with Crippen molar-refractivity contribution < 1.29 is 9.84 Å². The van der Waals surface area contributed by atoms with Crippen LogP contribution in [0.5, 0.6) is 6.01 Å². The van der Waals surface area contributed by atoms with Gasteiger partial charge in [-0.1, -0.05) is 12.8 Å². The Kier molecular flexibility index (Phi) is 7.57. The molecule has 0 fully saturated rings. The number of rotatable bonds is 10. The number of methoxy groups -OCH3 is 1. The molecule has 0 saturated heterocycles. The highest BCUT2D eigenvalue weighted by Crippen LogP contribution is 2.10. The summed E-state index contributed by atoms with van der Waals surface area (Å²) in [4.78, 5) is 12.5. The minimum atomic E-state index is 0.268. The van der Waals surface area contributed by atoms with Crippen LogP contribution in [0.1, 0.15) is 32.6 Å². The van der Waals surface area contributed by atoms with Crippen molar-refractivity contribution in [3.05, 3.63) is 0 Å². The predicted molar refractivity (Wildman–Crippen MR) is 74.6 cm³/mol. The molecule has 0 aliphatic carbocycles. The lowest BCUT2D eigenvalue weighted by Gasteiger charge is -2.08. The molecule has 3 N–H and O–H groups in total. The Morgan fingerprint density at radius 3 is 2.32 bits per heavy atom. The van der Waals surface area contributed by atoms with Crippen LogP contribution >= 0.6 is 0 Å². The third-order valence-electron chi connectivity index (χ3n) is 2.50. The standard InChI is InChI=1S/C12H23N5O2/c1-3-13-10-15-11(17-12(16-10)19-2)14-8-6-4-5-7-9-18/h18H,3-9H2,1-2H3,(H2,13,14,15,16,17). The van der Waals surface area contributed by atoms with Gasteiger partial charge in [0.2, 0.25) is 11.9 Å². The highest BCUT2D eigenvalue weighted by atomic mass is 16.5. The van der Waals surface area contributed by atoms with E-state index in [4.69, 9.17) is 9.84 Å². The minimum Gasteiger partial charge on any atom is -0.467 e. The maximum absolute atomic E-state index is 8.68. The van der Waals surface area contributed by atoms with Gasteiger partial charge in [0, 0.05) is 19.7 Å². The molecule has 0 aliphatic rings. The molecule has 1 rings (SSSR count). The average Bonchev–Trinajstić information content (AvgIpc) is 2.43. The number of nitrogens with zero attached hydrogens (tertiary/aromatic N) is 3. The van der Waals surface area contributed by atoms with Crippen molar-refractivity contribution in [2.75, 3.05) is 37.4 Å². The number of hydrogen-bond donors (Lipinski definition) is 3. The first kappa shape index (κ1) is 15.4. The van der Waals surface area contributed by atoms with E-state index < -0.39 is 0 Å². The highest BCUT2D eigenvalue weighted by Gasteiger charge is 2.05. The SMILES string of the molecule is CCNc1nc(NCCCCCCO)nc(OC)n1. The molecule has 0 atom stereocenters. The molecule has 0 bridgehead atoms. The van der Waals surface area contributed by atoms with Crippen molar-refractivity contribution in [3.63, 3.8) is 0 Å². The third-order valence-corrected chi connectivity index (χ3v) is 2.50. The molecule has 108 valence electrons. The topological polar surface area (TPSA) is 92.2 Å². The van der Waals surface area contributed by atoms with E-state index in [0.29, 0.717) is 17.9 Å². The third kappa shape index (κ3) is 6.19. The predicted octanol–water partition coefficient (Wildman–Crippen LogP) is 1.28. The van der Waals surface area contributed by atoms with E-state index >= 15 is 0 Å². The van der Waals surface area contributed by atoms with Crippen LogP contribution in [0.25, 0.3) is 0 Å². The van der Waals surface area contributed by atoms with Gasteiger partial charge in [-0.05, 0) is 19.8 Å². The van der Waals surface area contributed by atoms with Gasteiger partial charge < -0.3 is 20.5 Å². The maximum atomic E-state index is 8.68. The van der Waals surface area contributed by atoms with E-state index in [9.17, 15) is 0 Å². The van der Waals surface area contributed by atoms with Gasteiger partial charge >= 0.3 is 6.01 Å². The molecule has 7 heteroatoms. The summed E-state index contributed by atoms with van der Waals surface area (Å²) in [5.74, 6) is 1.03. The fourth-order valence-electron chi connectivity index (χ4n) is 1.55. The zero-order valence-corrected chi connectivity index (χ0v) is 11.6. The number of nitrogens with one attached hydrogen (secondary N) is 2. The van der Waals surface area contributed by atoms with Crippen LogP contribution in [-0.2, 0) is 0 Å². The zero-order chi connectivity index (χ0) is 13.9. The lowest BCUT2D eigenvalue weighted by molar-refractivity contribution is 0.283. The van der Waals surface area contributed by atoms with Crippen LogP contribution in [0.3, 0.4) is 0 Å². The quantitative estimate of drug-likeness (QED) is 0.551. The molecule has 1 aromatic rings. The van der Waals surface area contributed by atoms with E-state index in [2.05, 4.69) is 25.6 Å². The molecular formula is C12H23N5O2. The summed E-state index contributed by atoms with van der Waals surface area (Å²) in [5, 5.41) is 14.9. The van der Waals surface area contributed by atoms with Gasteiger partial charge in [0.05, 0.1) is 7.11 Å². The summed E-state index contributed by atoms with van der Waals surface area (Å²) in [7, 11) is 1.53. The molecule has 0 saturated carbocycles. The largest absolute Gasteiger partial charge is 0.467 e. The summed E-state index contributed by atoms with van der Waals surface area (Å²) < 4.78 is 5.03. The molecule has 1 aromatic heterocycles. The van der Waals surface area contributed by atoms with Crippen LogP contribution in [0.2, 0.25) is 0 Å². The van der Waals surface area contributed by atoms with Crippen molar-refractivity contribution in [1.29, 1.82) is 0 Å². The summed E-state index contributed by atoms with van der Waals surface area (Å²) in [6.07, 6.45) is 4.01. The Bertz CT molecular complexity index is 362. The molecule has 0 aromatic carbocycles. The van der Waals surface area contributed by atoms with Gasteiger partial charge in [-0.2, -0.15) is 15.0 Å². The molecule has 19 heavy (non-hydrogen) atoms. The summed E-state index contributed by atoms with van der Waals surface area (Å²) >= 11 is 0. The molecule has 7 nitrogen and oxygen atoms in total. The fraction of sp³-hybridized carbons (Fsp3) is 0.750. The van der Waals surface area contributed by atoms with E-state index in [0.717, 1.165) is 38.8 Å². The number of hydrogen-bond acceptors (Lipinski definition) is 7. The van der Waals surface area contributed by atoms with Gasteiger partial charge in [0.1, 0.15) is 0 Å². The molecular weight excluding hydrogens is 246 g/mol. The molecule has 0 spiro atoms. The van der Waals surface area contributed by atoms with Crippen molar-refractivity contribution >= 4 is 11.9 Å². The Balaban J connectivity index is 2.41. The number of aliphatic hydroxyl groups excluding tert-OH is 1. The van der Waals surface area contributed by atoms with Crippen LogP contribution in [0.4, 0.5) is 11.9 Å². The van der Waals surface area contributed by atoms with Gasteiger partial charge in [-0.3, -0.25) is 0 Å². The number of aromatic nitrogens is 3. The molecule has 0 unspecified atom stereocenters. The van der Waals surface area contributed by atoms with E-state index in [1.54, 1.807) is 0 Å². The number of unbranched alkanes of at least 4 members (excludes halogenated alkanes) is 3. The normalized spacial score (nSPS) is 10.3. The van der Waals surface area contributed by atoms with Crippen LogP contribution in [0.15, 0.2) is 0 Å². The molecule has 1 heterocycles. The Hall–Kier alpha value is -1.63. The highest BCUT2D eigenvalue weighted by molar-refractivity contribution is 5.35. The number of ether oxygens (including phenoxy) is 1. The Labute approximate surface area is 113 Å². The first-order valence-electron chi connectivity index (χ1n) is 6.68. The van der Waals surface area contributed by atoms with Gasteiger partial charge in [0.25, 0.3) is 0 Å². The smallest absolute Gasteiger partial charge is 0.322 e. The molecule has 0 amide bonds. The van der Waals surface area contributed by atoms with E-state index in [1.807, 2.05) is 6.92 Å². The van der Waals surface area contributed by atoms with Crippen molar-refractivity contribution in [2.45, 2.75) is 32.6 Å². The Morgan fingerprint density at radius 1 is 1.00 bits per heavy atom. The second-order valence-electron chi connectivity index (χ2n) is 4.06. The first-order chi connectivity index (χ1) is 9.30. The van der Waals surface area contributed by atoms with Crippen molar-refractivity contribution in [1.82, 2.24) is 15.0 Å². The summed E-state index contributed by atoms with van der Waals surface area (Å²) in [6, 6.07) is 0.300. The lowest BCUT2D eigenvalue weighted by atomic mass is 10.2. The first-order valence-corrected chi connectivity index (χ1v) is 6.68. The monoisotopic (exact) mass is 269 g/mol. The summed E-state index contributed by atoms with van der Waals surface area (Å²) in [5.41, 5.74) is 0. The molecule has 0 aliphatic heterocycles. The Morgan fingerprint density at radius 2 is 1.68 bits per heavy atom. The maximum Gasteiger partial charge on any atom is 0.322 e. The number of anilines is 2. The van der Waals surface area contributed by atoms with Crippen LogP contribution in [-0.4, -0.2) is 46.9 Å².